The fraction of sp³-hybridized carbons (Fsp3) is 0.625. The van der Waals surface area contributed by atoms with E-state index < -0.39 is 0 Å². The summed E-state index contributed by atoms with van der Waals surface area (Å²) in [6.07, 6.45) is 1.12. The van der Waals surface area contributed by atoms with Crippen LogP contribution < -0.4 is 0 Å². The quantitative estimate of drug-likeness (QED) is 0.872. The van der Waals surface area contributed by atoms with Crippen LogP contribution >= 0.6 is 0 Å². The van der Waals surface area contributed by atoms with Crippen LogP contribution in [0, 0.1) is 0 Å². The predicted molar refractivity (Wildman–Crippen MR) is 79.6 cm³/mol. The molecule has 1 aromatic rings. The Kier molecular flexibility index (Phi) is 5.37. The van der Waals surface area contributed by atoms with Crippen molar-refractivity contribution < 1.29 is 5.11 Å². The van der Waals surface area contributed by atoms with Gasteiger partial charge in [0.1, 0.15) is 0 Å². The number of hydrogen-bond donors (Lipinski definition) is 1. The van der Waals surface area contributed by atoms with Crippen molar-refractivity contribution in [2.24, 2.45) is 0 Å². The molecule has 1 N–H and O–H groups in total. The van der Waals surface area contributed by atoms with Crippen LogP contribution in [0.3, 0.4) is 0 Å². The zero-order valence-electron chi connectivity index (χ0n) is 12.2. The Morgan fingerprint density at radius 1 is 1.11 bits per heavy atom. The lowest BCUT2D eigenvalue weighted by Gasteiger charge is -2.32. The maximum absolute atomic E-state index is 9.14. The molecule has 1 atom stereocenters. The van der Waals surface area contributed by atoms with Gasteiger partial charge < -0.3 is 14.9 Å². The van der Waals surface area contributed by atoms with Crippen LogP contribution in [-0.2, 0) is 6.42 Å². The topological polar surface area (TPSA) is 26.7 Å². The van der Waals surface area contributed by atoms with E-state index >= 15 is 0 Å². The third-order valence-electron chi connectivity index (χ3n) is 4.14. The van der Waals surface area contributed by atoms with Crippen LogP contribution in [0.25, 0.3) is 0 Å². The van der Waals surface area contributed by atoms with Crippen LogP contribution in [-0.4, -0.2) is 61.3 Å². The molecule has 0 saturated carbocycles. The first-order chi connectivity index (χ1) is 9.19. The van der Waals surface area contributed by atoms with Gasteiger partial charge in [-0.2, -0.15) is 0 Å². The first kappa shape index (κ1) is 14.5. The van der Waals surface area contributed by atoms with Crippen molar-refractivity contribution in [1.29, 1.82) is 0 Å². The Balaban J connectivity index is 1.80. The summed E-state index contributed by atoms with van der Waals surface area (Å²) in [5.41, 5.74) is 2.62. The molecule has 106 valence electrons. The molecule has 0 bridgehead atoms. The zero-order chi connectivity index (χ0) is 13.7. The van der Waals surface area contributed by atoms with Crippen molar-refractivity contribution in [3.63, 3.8) is 0 Å². The third-order valence-corrected chi connectivity index (χ3v) is 4.14. The Hall–Kier alpha value is -0.900. The largest absolute Gasteiger partial charge is 0.396 e. The highest BCUT2D eigenvalue weighted by Gasteiger charge is 2.13. The van der Waals surface area contributed by atoms with Gasteiger partial charge in [-0.3, -0.25) is 0 Å². The monoisotopic (exact) mass is 262 g/mol. The van der Waals surface area contributed by atoms with Gasteiger partial charge in [0.25, 0.3) is 0 Å². The standard InChI is InChI=1S/C16H26N2O/c1-14(13-19)16-5-3-15(4-6-16)7-8-18-11-9-17(2)10-12-18/h3-6,14,19H,7-13H2,1-2H3. The van der Waals surface area contributed by atoms with Crippen molar-refractivity contribution in [3.8, 4) is 0 Å². The van der Waals surface area contributed by atoms with Gasteiger partial charge >= 0.3 is 0 Å². The van der Waals surface area contributed by atoms with Gasteiger partial charge in [0, 0.05) is 45.2 Å². The fourth-order valence-electron chi connectivity index (χ4n) is 2.48. The summed E-state index contributed by atoms with van der Waals surface area (Å²) in [4.78, 5) is 4.94. The molecular formula is C16H26N2O. The first-order valence-corrected chi connectivity index (χ1v) is 7.29. The summed E-state index contributed by atoms with van der Waals surface area (Å²) < 4.78 is 0. The number of aliphatic hydroxyl groups is 1. The van der Waals surface area contributed by atoms with Gasteiger partial charge in [-0.1, -0.05) is 31.2 Å². The summed E-state index contributed by atoms with van der Waals surface area (Å²) in [6, 6.07) is 8.72. The average molecular weight is 262 g/mol. The summed E-state index contributed by atoms with van der Waals surface area (Å²) in [7, 11) is 2.19. The molecule has 0 aliphatic carbocycles. The Morgan fingerprint density at radius 2 is 1.74 bits per heavy atom. The minimum absolute atomic E-state index is 0.223. The minimum atomic E-state index is 0.223. The highest BCUT2D eigenvalue weighted by atomic mass is 16.3. The van der Waals surface area contributed by atoms with E-state index in [0.717, 1.165) is 13.0 Å². The molecule has 19 heavy (non-hydrogen) atoms. The normalized spacial score (nSPS) is 19.5. The molecule has 1 aromatic carbocycles. The van der Waals surface area contributed by atoms with E-state index in [1.807, 2.05) is 0 Å². The number of nitrogens with zero attached hydrogens (tertiary/aromatic N) is 2. The maximum Gasteiger partial charge on any atom is 0.0497 e. The molecule has 3 nitrogen and oxygen atoms in total. The lowest BCUT2D eigenvalue weighted by atomic mass is 10.00. The molecule has 1 heterocycles. The van der Waals surface area contributed by atoms with E-state index in [1.54, 1.807) is 0 Å². The predicted octanol–water partition coefficient (Wildman–Crippen LogP) is 1.57. The smallest absolute Gasteiger partial charge is 0.0497 e. The number of hydrogen-bond acceptors (Lipinski definition) is 3. The van der Waals surface area contributed by atoms with E-state index in [0.29, 0.717) is 0 Å². The molecule has 1 fully saturated rings. The molecule has 0 aromatic heterocycles. The van der Waals surface area contributed by atoms with Crippen molar-refractivity contribution in [1.82, 2.24) is 9.80 Å². The van der Waals surface area contributed by atoms with Crippen molar-refractivity contribution in [3.05, 3.63) is 35.4 Å². The second-order valence-corrected chi connectivity index (χ2v) is 5.72. The Morgan fingerprint density at radius 3 is 2.32 bits per heavy atom. The molecule has 1 aliphatic rings. The second-order valence-electron chi connectivity index (χ2n) is 5.72. The first-order valence-electron chi connectivity index (χ1n) is 7.29. The molecule has 1 aliphatic heterocycles. The van der Waals surface area contributed by atoms with Crippen LogP contribution in [0.2, 0.25) is 0 Å². The third kappa shape index (κ3) is 4.30. The second kappa shape index (κ2) is 7.04. The number of rotatable bonds is 5. The highest BCUT2D eigenvalue weighted by molar-refractivity contribution is 5.25. The van der Waals surface area contributed by atoms with Gasteiger partial charge in [0.05, 0.1) is 0 Å². The van der Waals surface area contributed by atoms with Crippen LogP contribution in [0.4, 0.5) is 0 Å². The summed E-state index contributed by atoms with van der Waals surface area (Å²) in [5.74, 6) is 0.242. The van der Waals surface area contributed by atoms with Crippen molar-refractivity contribution >= 4 is 0 Å². The van der Waals surface area contributed by atoms with E-state index in [4.69, 9.17) is 5.11 Å². The minimum Gasteiger partial charge on any atom is -0.396 e. The number of piperazine rings is 1. The highest BCUT2D eigenvalue weighted by Crippen LogP contribution is 2.15. The molecule has 0 radical (unpaired) electrons. The average Bonchev–Trinajstić information content (AvgIpc) is 2.46. The van der Waals surface area contributed by atoms with E-state index in [9.17, 15) is 0 Å². The molecular weight excluding hydrogens is 236 g/mol. The molecule has 1 unspecified atom stereocenters. The number of likely N-dealkylation sites (N-methyl/N-ethyl adjacent to an activating group) is 1. The zero-order valence-corrected chi connectivity index (χ0v) is 12.2. The molecule has 0 spiro atoms. The van der Waals surface area contributed by atoms with Crippen LogP contribution in [0.5, 0.6) is 0 Å². The summed E-state index contributed by atoms with van der Waals surface area (Å²) in [6.45, 7) is 8.19. The Labute approximate surface area is 116 Å². The molecule has 0 amide bonds. The summed E-state index contributed by atoms with van der Waals surface area (Å²) in [5, 5.41) is 9.14. The lowest BCUT2D eigenvalue weighted by molar-refractivity contribution is 0.155. The van der Waals surface area contributed by atoms with Crippen LogP contribution in [0.15, 0.2) is 24.3 Å². The van der Waals surface area contributed by atoms with E-state index in [-0.39, 0.29) is 12.5 Å². The van der Waals surface area contributed by atoms with Gasteiger partial charge in [-0.15, -0.1) is 0 Å². The van der Waals surface area contributed by atoms with Gasteiger partial charge in [0.2, 0.25) is 0 Å². The van der Waals surface area contributed by atoms with Gasteiger partial charge in [0.15, 0.2) is 0 Å². The number of aliphatic hydroxyl groups excluding tert-OH is 1. The molecule has 2 rings (SSSR count). The van der Waals surface area contributed by atoms with Crippen LogP contribution in [0.1, 0.15) is 24.0 Å². The SMILES string of the molecule is CC(CO)c1ccc(CCN2CCN(C)CC2)cc1. The molecule has 3 heteroatoms. The number of benzene rings is 1. The van der Waals surface area contributed by atoms with Crippen molar-refractivity contribution in [2.45, 2.75) is 19.3 Å². The summed E-state index contributed by atoms with van der Waals surface area (Å²) >= 11 is 0. The maximum atomic E-state index is 9.14. The van der Waals surface area contributed by atoms with E-state index in [2.05, 4.69) is 48.0 Å². The van der Waals surface area contributed by atoms with E-state index in [1.165, 1.54) is 37.3 Å². The van der Waals surface area contributed by atoms with Gasteiger partial charge in [-0.25, -0.2) is 0 Å². The molecule has 1 saturated heterocycles. The van der Waals surface area contributed by atoms with Crippen molar-refractivity contribution in [2.75, 3.05) is 46.4 Å². The lowest BCUT2D eigenvalue weighted by Crippen LogP contribution is -2.45. The van der Waals surface area contributed by atoms with Gasteiger partial charge in [-0.05, 0) is 24.6 Å². The fourth-order valence-corrected chi connectivity index (χ4v) is 2.48. The Bertz CT molecular complexity index is 369.